The van der Waals surface area contributed by atoms with Crippen LogP contribution in [0.1, 0.15) is 0 Å². The van der Waals surface area contributed by atoms with Crippen molar-refractivity contribution in [2.24, 2.45) is 0 Å². The van der Waals surface area contributed by atoms with E-state index in [0.29, 0.717) is 17.4 Å². The van der Waals surface area contributed by atoms with Crippen LogP contribution >= 0.6 is 37.2 Å². The molecule has 2 rings (SSSR count). The van der Waals surface area contributed by atoms with Crippen molar-refractivity contribution in [1.82, 2.24) is 0 Å². The van der Waals surface area contributed by atoms with Gasteiger partial charge in [0, 0.05) is 23.6 Å². The number of carbonyl (C=O) groups is 1. The monoisotopic (exact) mass is 314 g/mol. The van der Waals surface area contributed by atoms with E-state index in [4.69, 9.17) is 4.42 Å². The first kappa shape index (κ1) is 18.9. The number of hydrogen-bond donors (Lipinski definition) is 1. The normalized spacial score (nSPS) is 8.44. The molecule has 0 aliphatic carbocycles. The second-order valence-corrected chi connectivity index (χ2v) is 2.85. The molecule has 0 fully saturated rings. The highest BCUT2D eigenvalue weighted by Crippen LogP contribution is 2.26. The standard InChI is InChI=1S/C9H6N2O4.3ClH/c12-5-10-9-4-6-3-7(11(13)14)1-2-8(6)15-9;;;/h1-5H,(H,10,12);3*1H. The van der Waals surface area contributed by atoms with Crippen LogP contribution in [-0.2, 0) is 4.79 Å². The fourth-order valence-corrected chi connectivity index (χ4v) is 1.27. The van der Waals surface area contributed by atoms with E-state index in [-0.39, 0.29) is 48.8 Å². The number of non-ortho nitro benzene ring substituents is 1. The molecular formula is C9H9Cl3N2O4. The molecule has 2 aromatic rings. The number of furan rings is 1. The third-order valence-electron chi connectivity index (χ3n) is 1.91. The molecule has 0 saturated carbocycles. The maximum absolute atomic E-state index is 10.5. The van der Waals surface area contributed by atoms with Crippen molar-refractivity contribution in [3.05, 3.63) is 34.4 Å². The number of benzene rings is 1. The van der Waals surface area contributed by atoms with Crippen molar-refractivity contribution in [3.8, 4) is 0 Å². The first-order valence-corrected chi connectivity index (χ1v) is 4.09. The summed E-state index contributed by atoms with van der Waals surface area (Å²) in [4.78, 5) is 20.1. The average Bonchev–Trinajstić information content (AvgIpc) is 2.59. The molecule has 100 valence electrons. The Balaban J connectivity index is 0. The van der Waals surface area contributed by atoms with E-state index in [1.807, 2.05) is 0 Å². The summed E-state index contributed by atoms with van der Waals surface area (Å²) in [5, 5.41) is 13.4. The maximum atomic E-state index is 10.5. The highest BCUT2D eigenvalue weighted by Gasteiger charge is 2.09. The molecule has 0 atom stereocenters. The third-order valence-corrected chi connectivity index (χ3v) is 1.91. The van der Waals surface area contributed by atoms with E-state index in [1.165, 1.54) is 24.3 Å². The van der Waals surface area contributed by atoms with Gasteiger partial charge in [-0.25, -0.2) is 0 Å². The van der Waals surface area contributed by atoms with E-state index >= 15 is 0 Å². The molecule has 0 aliphatic rings. The number of fused-ring (bicyclic) bond motifs is 1. The molecule has 1 aromatic carbocycles. The van der Waals surface area contributed by atoms with Crippen molar-refractivity contribution in [1.29, 1.82) is 0 Å². The van der Waals surface area contributed by atoms with Gasteiger partial charge in [-0.15, -0.1) is 37.2 Å². The molecule has 9 heteroatoms. The number of nitrogens with one attached hydrogen (secondary N) is 1. The lowest BCUT2D eigenvalue weighted by Gasteiger charge is -1.89. The Bertz CT molecular complexity index is 544. The molecule has 1 N–H and O–H groups in total. The summed E-state index contributed by atoms with van der Waals surface area (Å²) in [6.07, 6.45) is 0.478. The van der Waals surface area contributed by atoms with Gasteiger partial charge < -0.3 is 4.42 Å². The van der Waals surface area contributed by atoms with Crippen molar-refractivity contribution >= 4 is 66.2 Å². The number of nitrogens with zero attached hydrogens (tertiary/aromatic N) is 1. The van der Waals surface area contributed by atoms with Crippen LogP contribution in [0.3, 0.4) is 0 Å². The number of halogens is 3. The van der Waals surface area contributed by atoms with Gasteiger partial charge in [0.25, 0.3) is 5.69 Å². The van der Waals surface area contributed by atoms with Gasteiger partial charge in [-0.2, -0.15) is 0 Å². The fraction of sp³-hybridized carbons (Fsp3) is 0. The van der Waals surface area contributed by atoms with Gasteiger partial charge in [-0.05, 0) is 6.07 Å². The third kappa shape index (κ3) is 3.76. The Morgan fingerprint density at radius 3 is 2.44 bits per heavy atom. The molecular weight excluding hydrogens is 306 g/mol. The lowest BCUT2D eigenvalue weighted by molar-refractivity contribution is -0.384. The number of nitro benzene ring substituents is 1. The van der Waals surface area contributed by atoms with Crippen molar-refractivity contribution in [2.75, 3.05) is 5.32 Å². The van der Waals surface area contributed by atoms with Gasteiger partial charge in [-0.1, -0.05) is 0 Å². The van der Waals surface area contributed by atoms with Gasteiger partial charge in [0.1, 0.15) is 5.58 Å². The first-order valence-electron chi connectivity index (χ1n) is 4.09. The second-order valence-electron chi connectivity index (χ2n) is 2.85. The van der Waals surface area contributed by atoms with Gasteiger partial charge in [-0.3, -0.25) is 20.2 Å². The van der Waals surface area contributed by atoms with Crippen molar-refractivity contribution < 1.29 is 14.1 Å². The Kier molecular flexibility index (Phi) is 8.12. The second kappa shape index (κ2) is 7.75. The van der Waals surface area contributed by atoms with E-state index in [2.05, 4.69) is 5.32 Å². The minimum Gasteiger partial charge on any atom is -0.440 e. The Morgan fingerprint density at radius 2 is 1.89 bits per heavy atom. The average molecular weight is 316 g/mol. The number of carbonyl (C=O) groups excluding carboxylic acids is 1. The summed E-state index contributed by atoms with van der Waals surface area (Å²) < 4.78 is 5.18. The zero-order valence-corrected chi connectivity index (χ0v) is 11.1. The predicted octanol–water partition coefficient (Wildman–Crippen LogP) is 3.17. The summed E-state index contributed by atoms with van der Waals surface area (Å²) in [6.45, 7) is 0. The maximum Gasteiger partial charge on any atom is 0.270 e. The van der Waals surface area contributed by atoms with Crippen molar-refractivity contribution in [2.45, 2.75) is 0 Å². The highest BCUT2D eigenvalue weighted by atomic mass is 35.5. The van der Waals surface area contributed by atoms with Gasteiger partial charge in [0.15, 0.2) is 0 Å². The minimum absolute atomic E-state index is 0. The summed E-state index contributed by atoms with van der Waals surface area (Å²) in [5.41, 5.74) is 0.478. The van der Waals surface area contributed by atoms with Crippen LogP contribution in [-0.4, -0.2) is 11.3 Å². The summed E-state index contributed by atoms with van der Waals surface area (Å²) in [5.74, 6) is 0.264. The zero-order chi connectivity index (χ0) is 10.8. The molecule has 0 spiro atoms. The predicted molar refractivity (Wildman–Crippen MR) is 74.3 cm³/mol. The summed E-state index contributed by atoms with van der Waals surface area (Å²) in [6, 6.07) is 5.74. The largest absolute Gasteiger partial charge is 0.440 e. The quantitative estimate of drug-likeness (QED) is 0.535. The zero-order valence-electron chi connectivity index (χ0n) is 8.69. The van der Waals surface area contributed by atoms with E-state index in [1.54, 1.807) is 0 Å². The van der Waals surface area contributed by atoms with Crippen molar-refractivity contribution in [3.63, 3.8) is 0 Å². The van der Waals surface area contributed by atoms with Gasteiger partial charge >= 0.3 is 0 Å². The first-order chi connectivity index (χ1) is 7.20. The number of amides is 1. The summed E-state index contributed by atoms with van der Waals surface area (Å²) >= 11 is 0. The lowest BCUT2D eigenvalue weighted by atomic mass is 10.2. The Morgan fingerprint density at radius 1 is 1.22 bits per heavy atom. The van der Waals surface area contributed by atoms with Crippen LogP contribution in [0.4, 0.5) is 11.6 Å². The number of hydrogen-bond acceptors (Lipinski definition) is 4. The number of rotatable bonds is 3. The Hall–Kier alpha value is -1.50. The molecule has 1 amide bonds. The van der Waals surface area contributed by atoms with E-state index in [9.17, 15) is 14.9 Å². The molecule has 0 unspecified atom stereocenters. The molecule has 1 aromatic heterocycles. The van der Waals surface area contributed by atoms with Crippen LogP contribution in [0.5, 0.6) is 0 Å². The van der Waals surface area contributed by atoms with Crippen LogP contribution < -0.4 is 5.32 Å². The fourth-order valence-electron chi connectivity index (χ4n) is 1.27. The van der Waals surface area contributed by atoms with Crippen LogP contribution in [0.2, 0.25) is 0 Å². The SMILES string of the molecule is Cl.Cl.Cl.O=CNc1cc2cc([N+](=O)[O-])ccc2o1. The highest BCUT2D eigenvalue weighted by molar-refractivity contribution is 5.86. The van der Waals surface area contributed by atoms with Gasteiger partial charge in [0.05, 0.1) is 4.92 Å². The number of nitro groups is 1. The molecule has 1 heterocycles. The molecule has 18 heavy (non-hydrogen) atoms. The molecule has 6 nitrogen and oxygen atoms in total. The van der Waals surface area contributed by atoms with Crippen LogP contribution in [0.25, 0.3) is 11.0 Å². The smallest absolute Gasteiger partial charge is 0.270 e. The van der Waals surface area contributed by atoms with Crippen LogP contribution in [0.15, 0.2) is 28.7 Å². The minimum atomic E-state index is -0.487. The topological polar surface area (TPSA) is 85.4 Å². The molecule has 0 radical (unpaired) electrons. The van der Waals surface area contributed by atoms with E-state index in [0.717, 1.165) is 0 Å². The number of anilines is 1. The van der Waals surface area contributed by atoms with Gasteiger partial charge in [0.2, 0.25) is 12.3 Å². The molecule has 0 aliphatic heterocycles. The Labute approximate surface area is 120 Å². The summed E-state index contributed by atoms with van der Waals surface area (Å²) in [7, 11) is 0. The molecule has 0 saturated heterocycles. The van der Waals surface area contributed by atoms with Crippen LogP contribution in [0, 0.1) is 10.1 Å². The lowest BCUT2D eigenvalue weighted by Crippen LogP contribution is -1.89. The molecule has 0 bridgehead atoms. The van der Waals surface area contributed by atoms with E-state index < -0.39 is 4.92 Å².